The Morgan fingerprint density at radius 3 is 2.53 bits per heavy atom. The summed E-state index contributed by atoms with van der Waals surface area (Å²) in [5, 5.41) is 10.2. The van der Waals surface area contributed by atoms with Crippen LogP contribution in [0.15, 0.2) is 30.6 Å². The summed E-state index contributed by atoms with van der Waals surface area (Å²) in [6.45, 7) is 2.02. The van der Waals surface area contributed by atoms with Crippen molar-refractivity contribution in [2.45, 2.75) is 6.92 Å². The highest BCUT2D eigenvalue weighted by molar-refractivity contribution is 6.02. The van der Waals surface area contributed by atoms with Gasteiger partial charge in [-0.15, -0.1) is 0 Å². The number of aromatic nitrogens is 3. The van der Waals surface area contributed by atoms with Crippen LogP contribution in [0.5, 0.6) is 5.75 Å². The average molecular weight is 254 g/mol. The number of nitrogen functional groups attached to an aromatic ring is 1. The van der Waals surface area contributed by atoms with E-state index in [0.29, 0.717) is 5.82 Å². The summed E-state index contributed by atoms with van der Waals surface area (Å²) in [6.07, 6.45) is 1.47. The maximum atomic E-state index is 9.39. The molecule has 19 heavy (non-hydrogen) atoms. The molecular weight excluding hydrogens is 240 g/mol. The smallest absolute Gasteiger partial charge is 0.146 e. The van der Waals surface area contributed by atoms with Crippen molar-refractivity contribution in [1.82, 2.24) is 14.5 Å². The molecule has 0 aliphatic carbocycles. The van der Waals surface area contributed by atoms with Crippen LogP contribution in [0.2, 0.25) is 0 Å². The van der Waals surface area contributed by atoms with E-state index < -0.39 is 0 Å². The molecule has 0 radical (unpaired) electrons. The van der Waals surface area contributed by atoms with Gasteiger partial charge in [0, 0.05) is 18.3 Å². The maximum absolute atomic E-state index is 9.39. The van der Waals surface area contributed by atoms with Crippen LogP contribution in [-0.2, 0) is 7.05 Å². The first-order valence-electron chi connectivity index (χ1n) is 5.94. The molecule has 1 aromatic carbocycles. The minimum absolute atomic E-state index is 0.242. The van der Waals surface area contributed by atoms with Gasteiger partial charge in [-0.25, -0.2) is 9.97 Å². The highest BCUT2D eigenvalue weighted by Gasteiger charge is 2.17. The van der Waals surface area contributed by atoms with Gasteiger partial charge in [0.15, 0.2) is 0 Å². The van der Waals surface area contributed by atoms with Crippen LogP contribution < -0.4 is 5.73 Å². The van der Waals surface area contributed by atoms with E-state index in [-0.39, 0.29) is 5.75 Å². The predicted octanol–water partition coefficient (Wildman–Crippen LogP) is 2.23. The topological polar surface area (TPSA) is 77.0 Å². The van der Waals surface area contributed by atoms with Gasteiger partial charge in [0.1, 0.15) is 23.5 Å². The molecule has 5 nitrogen and oxygen atoms in total. The Morgan fingerprint density at radius 2 is 1.84 bits per heavy atom. The van der Waals surface area contributed by atoms with Crippen molar-refractivity contribution in [3.05, 3.63) is 36.3 Å². The number of aryl methyl sites for hydroxylation is 1. The Bertz CT molecular complexity index is 759. The molecule has 0 aliphatic rings. The molecule has 0 spiro atoms. The second-order valence-electron chi connectivity index (χ2n) is 4.52. The molecule has 96 valence electrons. The van der Waals surface area contributed by atoms with E-state index in [9.17, 15) is 5.11 Å². The monoisotopic (exact) mass is 254 g/mol. The fourth-order valence-electron chi connectivity index (χ4n) is 2.37. The number of phenolic OH excluding ortho intramolecular Hbond substituents is 1. The van der Waals surface area contributed by atoms with E-state index in [1.165, 1.54) is 6.33 Å². The number of rotatable bonds is 1. The zero-order chi connectivity index (χ0) is 13.6. The molecule has 2 heterocycles. The Morgan fingerprint density at radius 1 is 1.16 bits per heavy atom. The van der Waals surface area contributed by atoms with Crippen molar-refractivity contribution >= 4 is 16.9 Å². The zero-order valence-corrected chi connectivity index (χ0v) is 10.8. The van der Waals surface area contributed by atoms with Gasteiger partial charge in [-0.1, -0.05) is 12.1 Å². The van der Waals surface area contributed by atoms with Gasteiger partial charge in [0.2, 0.25) is 0 Å². The highest BCUT2D eigenvalue weighted by atomic mass is 16.3. The lowest BCUT2D eigenvalue weighted by molar-refractivity contribution is 0.475. The molecule has 5 heteroatoms. The third-order valence-corrected chi connectivity index (χ3v) is 3.45. The van der Waals surface area contributed by atoms with Crippen molar-refractivity contribution in [1.29, 1.82) is 0 Å². The van der Waals surface area contributed by atoms with Gasteiger partial charge in [-0.05, 0) is 24.6 Å². The normalized spacial score (nSPS) is 11.1. The van der Waals surface area contributed by atoms with E-state index >= 15 is 0 Å². The van der Waals surface area contributed by atoms with Crippen LogP contribution >= 0.6 is 0 Å². The van der Waals surface area contributed by atoms with Gasteiger partial charge in [0.05, 0.1) is 5.39 Å². The van der Waals surface area contributed by atoms with E-state index in [0.717, 1.165) is 27.9 Å². The third-order valence-electron chi connectivity index (χ3n) is 3.45. The molecule has 0 bridgehead atoms. The number of nitrogens with zero attached hydrogens (tertiary/aromatic N) is 3. The van der Waals surface area contributed by atoms with E-state index in [2.05, 4.69) is 9.97 Å². The fraction of sp³-hybridized carbons (Fsp3) is 0.143. The summed E-state index contributed by atoms with van der Waals surface area (Å²) in [4.78, 5) is 8.36. The van der Waals surface area contributed by atoms with Crippen molar-refractivity contribution in [3.8, 4) is 16.9 Å². The first-order chi connectivity index (χ1) is 9.09. The Hall–Kier alpha value is -2.56. The van der Waals surface area contributed by atoms with Crippen LogP contribution in [0.1, 0.15) is 5.69 Å². The summed E-state index contributed by atoms with van der Waals surface area (Å²) in [6, 6.07) is 7.05. The zero-order valence-electron chi connectivity index (χ0n) is 10.8. The number of aromatic hydroxyl groups is 1. The summed E-state index contributed by atoms with van der Waals surface area (Å²) < 4.78 is 2.00. The van der Waals surface area contributed by atoms with Crippen molar-refractivity contribution in [2.24, 2.45) is 7.05 Å². The summed E-state index contributed by atoms with van der Waals surface area (Å²) in [7, 11) is 1.95. The maximum Gasteiger partial charge on any atom is 0.146 e. The second kappa shape index (κ2) is 3.98. The van der Waals surface area contributed by atoms with Gasteiger partial charge in [-0.2, -0.15) is 0 Å². The number of anilines is 1. The minimum atomic E-state index is 0.242. The number of nitrogens with two attached hydrogens (primary N) is 1. The lowest BCUT2D eigenvalue weighted by Gasteiger charge is -2.03. The van der Waals surface area contributed by atoms with Gasteiger partial charge >= 0.3 is 0 Å². The molecule has 2 aromatic heterocycles. The Kier molecular flexibility index (Phi) is 2.41. The van der Waals surface area contributed by atoms with Crippen LogP contribution in [-0.4, -0.2) is 19.6 Å². The number of fused-ring (bicyclic) bond motifs is 1. The number of hydrogen-bond acceptors (Lipinski definition) is 4. The van der Waals surface area contributed by atoms with E-state index in [4.69, 9.17) is 5.73 Å². The van der Waals surface area contributed by atoms with Crippen molar-refractivity contribution in [3.63, 3.8) is 0 Å². The van der Waals surface area contributed by atoms with Crippen molar-refractivity contribution < 1.29 is 5.11 Å². The summed E-state index contributed by atoms with van der Waals surface area (Å²) >= 11 is 0. The molecular formula is C14H14N4O. The van der Waals surface area contributed by atoms with Gasteiger partial charge in [0.25, 0.3) is 0 Å². The number of benzene rings is 1. The third kappa shape index (κ3) is 1.62. The molecule has 0 aliphatic heterocycles. The van der Waals surface area contributed by atoms with Gasteiger partial charge in [-0.3, -0.25) is 0 Å². The minimum Gasteiger partial charge on any atom is -0.508 e. The molecule has 0 saturated heterocycles. The fourth-order valence-corrected chi connectivity index (χ4v) is 2.37. The lowest BCUT2D eigenvalue weighted by atomic mass is 10.0. The first-order valence-corrected chi connectivity index (χ1v) is 5.94. The molecule has 0 atom stereocenters. The molecule has 0 fully saturated rings. The summed E-state index contributed by atoms with van der Waals surface area (Å²) in [5.41, 5.74) is 9.87. The van der Waals surface area contributed by atoms with Gasteiger partial charge < -0.3 is 15.4 Å². The molecule has 0 saturated carbocycles. The molecule has 0 unspecified atom stereocenters. The first kappa shape index (κ1) is 11.5. The largest absolute Gasteiger partial charge is 0.508 e. The number of phenols is 1. The standard InChI is InChI=1S/C14H14N4O/c1-8-11(9-3-5-10(19)6-4-9)12-13(15)16-7-17-14(12)18(8)2/h3-7,19H,1-2H3,(H2,15,16,17). The number of hydrogen-bond donors (Lipinski definition) is 2. The SMILES string of the molecule is Cc1c(-c2ccc(O)cc2)c2c(N)ncnc2n1C. The second-order valence-corrected chi connectivity index (χ2v) is 4.52. The molecule has 3 aromatic rings. The highest BCUT2D eigenvalue weighted by Crippen LogP contribution is 2.35. The van der Waals surface area contributed by atoms with Crippen LogP contribution in [0.25, 0.3) is 22.2 Å². The van der Waals surface area contributed by atoms with Crippen LogP contribution in [0.3, 0.4) is 0 Å². The van der Waals surface area contributed by atoms with Crippen LogP contribution in [0, 0.1) is 6.92 Å². The quantitative estimate of drug-likeness (QED) is 0.698. The Balaban J connectivity index is 2.40. The molecule has 3 N–H and O–H groups in total. The lowest BCUT2D eigenvalue weighted by Crippen LogP contribution is -1.95. The Labute approximate surface area is 110 Å². The summed E-state index contributed by atoms with van der Waals surface area (Å²) in [5.74, 6) is 0.711. The van der Waals surface area contributed by atoms with E-state index in [1.54, 1.807) is 12.1 Å². The van der Waals surface area contributed by atoms with Crippen LogP contribution in [0.4, 0.5) is 5.82 Å². The molecule has 0 amide bonds. The van der Waals surface area contributed by atoms with E-state index in [1.807, 2.05) is 30.7 Å². The predicted molar refractivity (Wildman–Crippen MR) is 74.8 cm³/mol. The van der Waals surface area contributed by atoms with Crippen molar-refractivity contribution in [2.75, 3.05) is 5.73 Å². The average Bonchev–Trinajstić information content (AvgIpc) is 2.66. The molecule has 3 rings (SSSR count).